The third-order valence-electron chi connectivity index (χ3n) is 4.37. The number of ether oxygens (including phenoxy) is 1. The molecule has 0 saturated carbocycles. The Labute approximate surface area is 127 Å². The zero-order valence-corrected chi connectivity index (χ0v) is 11.6. The van der Waals surface area contributed by atoms with E-state index in [2.05, 4.69) is 0 Å². The van der Waals surface area contributed by atoms with E-state index in [1.807, 2.05) is 0 Å². The van der Waals surface area contributed by atoms with Crippen LogP contribution in [0.2, 0.25) is 0 Å². The maximum atomic E-state index is 13.4. The number of alkyl halides is 3. The zero-order valence-electron chi connectivity index (χ0n) is 11.6. The van der Waals surface area contributed by atoms with Gasteiger partial charge in [-0.15, -0.1) is 0 Å². The molecule has 1 aromatic carbocycles. The molecule has 0 unspecified atom stereocenters. The first-order valence-corrected chi connectivity index (χ1v) is 6.98. The first-order chi connectivity index (χ1) is 10.8. The molecule has 2 atom stereocenters. The Morgan fingerprint density at radius 3 is 2.13 bits per heavy atom. The summed E-state index contributed by atoms with van der Waals surface area (Å²) in [6.45, 7) is 0. The van der Waals surface area contributed by atoms with Gasteiger partial charge < -0.3 is 14.9 Å². The van der Waals surface area contributed by atoms with Crippen LogP contribution in [-0.4, -0.2) is 14.8 Å². The van der Waals surface area contributed by atoms with Crippen LogP contribution in [0.1, 0.15) is 41.7 Å². The summed E-state index contributed by atoms with van der Waals surface area (Å²) >= 11 is 0. The van der Waals surface area contributed by atoms with E-state index < -0.39 is 17.6 Å². The van der Waals surface area contributed by atoms with E-state index in [0.29, 0.717) is 36.1 Å². The van der Waals surface area contributed by atoms with Gasteiger partial charge in [-0.05, 0) is 31.0 Å². The molecule has 3 heterocycles. The van der Waals surface area contributed by atoms with Crippen molar-refractivity contribution in [2.24, 2.45) is 0 Å². The lowest BCUT2D eigenvalue weighted by atomic mass is 9.95. The second-order valence-electron chi connectivity index (χ2n) is 5.66. The summed E-state index contributed by atoms with van der Waals surface area (Å²) < 4.78 is 58.4. The molecule has 4 nitrogen and oxygen atoms in total. The number of aromatic hydroxyl groups is 2. The van der Waals surface area contributed by atoms with Crippen LogP contribution in [0, 0.1) is 5.82 Å². The van der Waals surface area contributed by atoms with Gasteiger partial charge in [-0.3, -0.25) is 4.57 Å². The van der Waals surface area contributed by atoms with Gasteiger partial charge in [0.1, 0.15) is 5.82 Å². The number of rotatable bonds is 1. The summed E-state index contributed by atoms with van der Waals surface area (Å²) in [6.07, 6.45) is -4.27. The fourth-order valence-electron chi connectivity index (χ4n) is 3.39. The normalized spacial score (nSPS) is 22.6. The van der Waals surface area contributed by atoms with Crippen molar-refractivity contribution in [2.75, 3.05) is 0 Å². The fourth-order valence-corrected chi connectivity index (χ4v) is 3.39. The second kappa shape index (κ2) is 4.41. The molecular weight excluding hydrogens is 318 g/mol. The number of nitrogens with zero attached hydrogens (tertiary/aromatic N) is 1. The van der Waals surface area contributed by atoms with Crippen LogP contribution in [0.5, 0.6) is 11.8 Å². The summed E-state index contributed by atoms with van der Waals surface area (Å²) in [6, 6.07) is 2.29. The molecular formula is C15H11F4NO3. The van der Waals surface area contributed by atoms with Crippen molar-refractivity contribution in [3.63, 3.8) is 0 Å². The lowest BCUT2D eigenvalue weighted by Gasteiger charge is -2.13. The van der Waals surface area contributed by atoms with Gasteiger partial charge in [0.05, 0.1) is 34.6 Å². The van der Waals surface area contributed by atoms with Crippen molar-refractivity contribution in [3.8, 4) is 17.4 Å². The van der Waals surface area contributed by atoms with Gasteiger partial charge in [-0.2, -0.15) is 13.2 Å². The van der Waals surface area contributed by atoms with Crippen molar-refractivity contribution in [2.45, 2.75) is 31.2 Å². The topological polar surface area (TPSA) is 54.6 Å². The van der Waals surface area contributed by atoms with Crippen LogP contribution in [0.15, 0.2) is 18.2 Å². The summed E-state index contributed by atoms with van der Waals surface area (Å²) in [5.74, 6) is -2.16. The Hall–Kier alpha value is -2.22. The van der Waals surface area contributed by atoms with Crippen LogP contribution in [0.4, 0.5) is 17.6 Å². The minimum absolute atomic E-state index is 0.164. The third-order valence-corrected chi connectivity index (χ3v) is 4.37. The average Bonchev–Trinajstić information content (AvgIpc) is 3.13. The SMILES string of the molecule is Oc1c2c(c(O)n1-c1ccc(F)c(C(F)(F)F)c1)[C@H]1CC[C@@H]2O1. The van der Waals surface area contributed by atoms with Crippen molar-refractivity contribution >= 4 is 0 Å². The minimum atomic E-state index is -4.87. The molecule has 23 heavy (non-hydrogen) atoms. The predicted octanol–water partition coefficient (Wildman–Crippen LogP) is 3.95. The Morgan fingerprint density at radius 2 is 1.61 bits per heavy atom. The van der Waals surface area contributed by atoms with Gasteiger partial charge in [0.2, 0.25) is 11.8 Å². The van der Waals surface area contributed by atoms with Crippen molar-refractivity contribution in [1.82, 2.24) is 4.57 Å². The maximum absolute atomic E-state index is 13.4. The van der Waals surface area contributed by atoms with Gasteiger partial charge in [-0.25, -0.2) is 4.39 Å². The van der Waals surface area contributed by atoms with Crippen LogP contribution < -0.4 is 0 Å². The lowest BCUT2D eigenvalue weighted by Crippen LogP contribution is -2.09. The zero-order chi connectivity index (χ0) is 16.5. The lowest BCUT2D eigenvalue weighted by molar-refractivity contribution is -0.140. The van der Waals surface area contributed by atoms with Crippen molar-refractivity contribution < 1.29 is 32.5 Å². The van der Waals surface area contributed by atoms with Gasteiger partial charge in [0, 0.05) is 0 Å². The van der Waals surface area contributed by atoms with Gasteiger partial charge >= 0.3 is 6.18 Å². The van der Waals surface area contributed by atoms with Crippen LogP contribution in [0.3, 0.4) is 0 Å². The van der Waals surface area contributed by atoms with Gasteiger partial charge in [0.25, 0.3) is 0 Å². The van der Waals surface area contributed by atoms with Crippen LogP contribution in [0.25, 0.3) is 5.69 Å². The quantitative estimate of drug-likeness (QED) is 0.779. The molecule has 2 N–H and O–H groups in total. The molecule has 2 aromatic rings. The highest BCUT2D eigenvalue weighted by Gasteiger charge is 2.45. The number of aromatic nitrogens is 1. The first kappa shape index (κ1) is 14.4. The molecule has 4 rings (SSSR count). The van der Waals surface area contributed by atoms with Gasteiger partial charge in [-0.1, -0.05) is 0 Å². The number of hydrogen-bond acceptors (Lipinski definition) is 3. The highest BCUT2D eigenvalue weighted by molar-refractivity contribution is 5.57. The van der Waals surface area contributed by atoms with E-state index in [1.165, 1.54) is 0 Å². The molecule has 0 spiro atoms. The molecule has 8 heteroatoms. The molecule has 2 aliphatic rings. The number of fused-ring (bicyclic) bond motifs is 5. The summed E-state index contributed by atoms with van der Waals surface area (Å²) in [5.41, 5.74) is -0.822. The predicted molar refractivity (Wildman–Crippen MR) is 69.9 cm³/mol. The Bertz CT molecular complexity index is 779. The van der Waals surface area contributed by atoms with E-state index in [4.69, 9.17) is 4.74 Å². The van der Waals surface area contributed by atoms with Crippen LogP contribution in [-0.2, 0) is 10.9 Å². The third kappa shape index (κ3) is 1.87. The summed E-state index contributed by atoms with van der Waals surface area (Å²) in [7, 11) is 0. The Balaban J connectivity index is 1.91. The molecule has 1 saturated heterocycles. The number of halogens is 4. The molecule has 2 aliphatic heterocycles. The van der Waals surface area contributed by atoms with E-state index in [9.17, 15) is 27.8 Å². The molecule has 0 radical (unpaired) electrons. The number of hydrogen-bond donors (Lipinski definition) is 2. The van der Waals surface area contributed by atoms with E-state index in [1.54, 1.807) is 0 Å². The first-order valence-electron chi connectivity index (χ1n) is 6.98. The smallest absolute Gasteiger partial charge is 0.419 e. The molecule has 1 fully saturated rings. The monoisotopic (exact) mass is 329 g/mol. The van der Waals surface area contributed by atoms with E-state index in [-0.39, 0.29) is 29.7 Å². The molecule has 2 bridgehead atoms. The summed E-state index contributed by atoms with van der Waals surface area (Å²) in [4.78, 5) is 0. The standard InChI is InChI=1S/C15H11F4NO3/c16-8-2-1-6(5-7(8)15(17,18)19)20-13(21)11-9-3-4-10(23-9)12(11)14(20)22/h1-2,5,9-10,21-22H,3-4H2/t9-,10+. The second-order valence-corrected chi connectivity index (χ2v) is 5.66. The summed E-state index contributed by atoms with van der Waals surface area (Å²) in [5, 5.41) is 20.6. The van der Waals surface area contributed by atoms with Crippen LogP contribution >= 0.6 is 0 Å². The highest BCUT2D eigenvalue weighted by Crippen LogP contribution is 2.58. The van der Waals surface area contributed by atoms with E-state index >= 15 is 0 Å². The van der Waals surface area contributed by atoms with Crippen molar-refractivity contribution in [3.05, 3.63) is 40.7 Å². The minimum Gasteiger partial charge on any atom is -0.494 e. The van der Waals surface area contributed by atoms with E-state index in [0.717, 1.165) is 10.6 Å². The Kier molecular flexibility index (Phi) is 2.76. The molecule has 1 aromatic heterocycles. The van der Waals surface area contributed by atoms with Gasteiger partial charge in [0.15, 0.2) is 0 Å². The molecule has 0 amide bonds. The largest absolute Gasteiger partial charge is 0.494 e. The fraction of sp³-hybridized carbons (Fsp3) is 0.333. The van der Waals surface area contributed by atoms with Crippen molar-refractivity contribution in [1.29, 1.82) is 0 Å². The highest BCUT2D eigenvalue weighted by atomic mass is 19.4. The molecule has 0 aliphatic carbocycles. The number of benzene rings is 1. The Morgan fingerprint density at radius 1 is 1.04 bits per heavy atom. The molecule has 122 valence electrons. The maximum Gasteiger partial charge on any atom is 0.419 e. The average molecular weight is 329 g/mol.